The Balaban J connectivity index is 2.75. The minimum atomic E-state index is -0.634. The number of methoxy groups -OCH3 is 1. The largest absolute Gasteiger partial charge is 0.468 e. The van der Waals surface area contributed by atoms with Crippen molar-refractivity contribution >= 4 is 27.7 Å². The van der Waals surface area contributed by atoms with Crippen LogP contribution in [0.25, 0.3) is 0 Å². The fourth-order valence-electron chi connectivity index (χ4n) is 1.93. The van der Waals surface area contributed by atoms with E-state index in [1.807, 2.05) is 0 Å². The first kappa shape index (κ1) is 13.4. The van der Waals surface area contributed by atoms with E-state index in [2.05, 4.69) is 20.7 Å². The summed E-state index contributed by atoms with van der Waals surface area (Å²) in [6.45, 7) is 1.44. The monoisotopic (exact) mass is 288 g/mol. The molecule has 3 nitrogen and oxygen atoms in total. The lowest BCUT2D eigenvalue weighted by Gasteiger charge is -2.19. The van der Waals surface area contributed by atoms with Crippen LogP contribution in [-0.4, -0.2) is 18.9 Å². The van der Waals surface area contributed by atoms with Crippen molar-refractivity contribution in [3.8, 4) is 0 Å². The van der Waals surface area contributed by atoms with E-state index in [-0.39, 0.29) is 5.78 Å². The molecule has 0 bridgehead atoms. The Labute approximate surface area is 104 Å². The number of ketones is 1. The fourth-order valence-corrected chi connectivity index (χ4v) is 2.57. The molecule has 0 amide bonds. The van der Waals surface area contributed by atoms with Crippen molar-refractivity contribution < 1.29 is 14.3 Å². The number of halogens is 1. The standard InChI is InChI=1S/C12H17BrO3/c1-8(14)10(12(15)16-2)7-9-5-3-4-6-11(9)13/h10H,3-7H2,1-2H3. The number of hydrogen-bond acceptors (Lipinski definition) is 3. The molecule has 0 spiro atoms. The summed E-state index contributed by atoms with van der Waals surface area (Å²) < 4.78 is 5.81. The van der Waals surface area contributed by atoms with Gasteiger partial charge in [-0.3, -0.25) is 9.59 Å². The maximum Gasteiger partial charge on any atom is 0.316 e. The third-order valence-electron chi connectivity index (χ3n) is 2.94. The first-order valence-corrected chi connectivity index (χ1v) is 6.30. The summed E-state index contributed by atoms with van der Waals surface area (Å²) in [6, 6.07) is 0. The molecule has 90 valence electrons. The quantitative estimate of drug-likeness (QED) is 0.590. The highest BCUT2D eigenvalue weighted by atomic mass is 79.9. The molecule has 0 aromatic carbocycles. The van der Waals surface area contributed by atoms with Gasteiger partial charge in [-0.15, -0.1) is 0 Å². The molecule has 0 radical (unpaired) electrons. The van der Waals surface area contributed by atoms with E-state index in [1.54, 1.807) is 0 Å². The number of carbonyl (C=O) groups is 2. The highest BCUT2D eigenvalue weighted by Gasteiger charge is 2.26. The van der Waals surface area contributed by atoms with E-state index in [9.17, 15) is 9.59 Å². The van der Waals surface area contributed by atoms with E-state index in [0.717, 1.165) is 23.7 Å². The Morgan fingerprint density at radius 3 is 2.50 bits per heavy atom. The Hall–Kier alpha value is -0.640. The van der Waals surface area contributed by atoms with Crippen LogP contribution in [0.5, 0.6) is 0 Å². The molecule has 1 aliphatic rings. The molecule has 0 heterocycles. The van der Waals surface area contributed by atoms with Gasteiger partial charge in [-0.2, -0.15) is 0 Å². The van der Waals surface area contributed by atoms with Crippen molar-refractivity contribution in [3.05, 3.63) is 10.1 Å². The zero-order chi connectivity index (χ0) is 12.1. The van der Waals surface area contributed by atoms with E-state index in [0.29, 0.717) is 6.42 Å². The maximum atomic E-state index is 11.5. The minimum absolute atomic E-state index is 0.120. The van der Waals surface area contributed by atoms with E-state index >= 15 is 0 Å². The van der Waals surface area contributed by atoms with Crippen LogP contribution in [-0.2, 0) is 14.3 Å². The van der Waals surface area contributed by atoms with Gasteiger partial charge in [0, 0.05) is 0 Å². The normalized spacial score (nSPS) is 18.2. The molecule has 0 saturated carbocycles. The lowest BCUT2D eigenvalue weighted by atomic mass is 9.89. The molecule has 1 rings (SSSR count). The number of esters is 1. The SMILES string of the molecule is COC(=O)C(CC1=C(Br)CCCC1)C(C)=O. The summed E-state index contributed by atoms with van der Waals surface area (Å²) in [5.74, 6) is -1.18. The Bertz CT molecular complexity index is 320. The fraction of sp³-hybridized carbons (Fsp3) is 0.667. The molecule has 0 aliphatic heterocycles. The number of rotatable bonds is 4. The van der Waals surface area contributed by atoms with Gasteiger partial charge in [0.15, 0.2) is 0 Å². The van der Waals surface area contributed by atoms with Crippen LogP contribution in [0.4, 0.5) is 0 Å². The van der Waals surface area contributed by atoms with Gasteiger partial charge in [-0.05, 0) is 43.5 Å². The first-order valence-electron chi connectivity index (χ1n) is 5.51. The van der Waals surface area contributed by atoms with Crippen LogP contribution in [0.15, 0.2) is 10.1 Å². The number of carbonyl (C=O) groups excluding carboxylic acids is 2. The summed E-state index contributed by atoms with van der Waals surface area (Å²) in [4.78, 5) is 22.8. The Morgan fingerprint density at radius 2 is 2.00 bits per heavy atom. The van der Waals surface area contributed by atoms with Crippen LogP contribution in [0.1, 0.15) is 39.0 Å². The van der Waals surface area contributed by atoms with E-state index in [4.69, 9.17) is 0 Å². The second kappa shape index (κ2) is 6.18. The lowest BCUT2D eigenvalue weighted by molar-refractivity contribution is -0.148. The summed E-state index contributed by atoms with van der Waals surface area (Å²) in [5.41, 5.74) is 1.19. The van der Waals surface area contributed by atoms with Crippen LogP contribution in [0.2, 0.25) is 0 Å². The highest BCUT2D eigenvalue weighted by Crippen LogP contribution is 2.33. The summed E-state index contributed by atoms with van der Waals surface area (Å²) in [6.07, 6.45) is 4.80. The highest BCUT2D eigenvalue weighted by molar-refractivity contribution is 9.11. The Morgan fingerprint density at radius 1 is 1.38 bits per heavy atom. The molecule has 0 aromatic heterocycles. The summed E-state index contributed by atoms with van der Waals surface area (Å²) in [5, 5.41) is 0. The van der Waals surface area contributed by atoms with Gasteiger partial charge >= 0.3 is 5.97 Å². The molecule has 1 unspecified atom stereocenters. The van der Waals surface area contributed by atoms with E-state index < -0.39 is 11.9 Å². The summed E-state index contributed by atoms with van der Waals surface area (Å²) >= 11 is 3.52. The molecule has 16 heavy (non-hydrogen) atoms. The number of ether oxygens (including phenoxy) is 1. The lowest BCUT2D eigenvalue weighted by Crippen LogP contribution is -2.24. The Kier molecular flexibility index (Phi) is 5.19. The van der Waals surface area contributed by atoms with Crippen molar-refractivity contribution in [3.63, 3.8) is 0 Å². The van der Waals surface area contributed by atoms with Crippen molar-refractivity contribution in [2.45, 2.75) is 39.0 Å². The zero-order valence-electron chi connectivity index (χ0n) is 9.72. The smallest absolute Gasteiger partial charge is 0.316 e. The van der Waals surface area contributed by atoms with Crippen molar-refractivity contribution in [1.29, 1.82) is 0 Å². The molecule has 4 heteroatoms. The average Bonchev–Trinajstić information content (AvgIpc) is 2.26. The first-order chi connectivity index (χ1) is 7.56. The molecule has 1 aliphatic carbocycles. The predicted octanol–water partition coefficient (Wildman–Crippen LogP) is 2.98. The molecular weight excluding hydrogens is 272 g/mol. The molecule has 0 fully saturated rings. The number of Topliss-reactive ketones (excluding diaryl/α,β-unsaturated/α-hetero) is 1. The van der Waals surface area contributed by atoms with Crippen molar-refractivity contribution in [2.24, 2.45) is 5.92 Å². The van der Waals surface area contributed by atoms with Gasteiger partial charge in [0.2, 0.25) is 0 Å². The third-order valence-corrected chi connectivity index (χ3v) is 3.89. The molecule has 0 aromatic rings. The molecule has 0 saturated heterocycles. The molecule has 1 atom stereocenters. The van der Waals surface area contributed by atoms with Gasteiger partial charge in [0.25, 0.3) is 0 Å². The van der Waals surface area contributed by atoms with Crippen LogP contribution in [0.3, 0.4) is 0 Å². The third kappa shape index (κ3) is 3.44. The predicted molar refractivity (Wildman–Crippen MR) is 65.2 cm³/mol. The zero-order valence-corrected chi connectivity index (χ0v) is 11.3. The second-order valence-electron chi connectivity index (χ2n) is 4.11. The molecule has 0 N–H and O–H groups in total. The maximum absolute atomic E-state index is 11.5. The minimum Gasteiger partial charge on any atom is -0.468 e. The van der Waals surface area contributed by atoms with Crippen molar-refractivity contribution in [1.82, 2.24) is 0 Å². The number of allylic oxidation sites excluding steroid dienone is 2. The van der Waals surface area contributed by atoms with Gasteiger partial charge in [0.1, 0.15) is 11.7 Å². The van der Waals surface area contributed by atoms with Crippen molar-refractivity contribution in [2.75, 3.05) is 7.11 Å². The van der Waals surface area contributed by atoms with Crippen LogP contribution < -0.4 is 0 Å². The van der Waals surface area contributed by atoms with Crippen LogP contribution >= 0.6 is 15.9 Å². The number of hydrogen-bond donors (Lipinski definition) is 0. The van der Waals surface area contributed by atoms with Gasteiger partial charge < -0.3 is 4.74 Å². The average molecular weight is 289 g/mol. The van der Waals surface area contributed by atoms with Gasteiger partial charge in [-0.25, -0.2) is 0 Å². The molecular formula is C12H17BrO3. The van der Waals surface area contributed by atoms with Crippen LogP contribution in [0, 0.1) is 5.92 Å². The van der Waals surface area contributed by atoms with Gasteiger partial charge in [0.05, 0.1) is 7.11 Å². The topological polar surface area (TPSA) is 43.4 Å². The summed E-state index contributed by atoms with van der Waals surface area (Å²) in [7, 11) is 1.32. The van der Waals surface area contributed by atoms with E-state index in [1.165, 1.54) is 26.0 Å². The van der Waals surface area contributed by atoms with Gasteiger partial charge in [-0.1, -0.05) is 21.5 Å². The second-order valence-corrected chi connectivity index (χ2v) is 5.06.